The number of methoxy groups -OCH3 is 1. The van der Waals surface area contributed by atoms with Gasteiger partial charge < -0.3 is 9.47 Å². The molecule has 5 nitrogen and oxygen atoms in total. The van der Waals surface area contributed by atoms with Crippen LogP contribution in [0.5, 0.6) is 0 Å². The monoisotopic (exact) mass is 466 g/mol. The quantitative estimate of drug-likeness (QED) is 0.164. The highest BCUT2D eigenvalue weighted by atomic mass is 79.9. The van der Waals surface area contributed by atoms with Gasteiger partial charge in [-0.3, -0.25) is 14.4 Å². The van der Waals surface area contributed by atoms with Crippen LogP contribution in [0.4, 0.5) is 0 Å². The van der Waals surface area contributed by atoms with Crippen molar-refractivity contribution in [3.8, 4) is 0 Å². The summed E-state index contributed by atoms with van der Waals surface area (Å²) < 4.78 is 10.6. The molecule has 0 bridgehead atoms. The van der Waals surface area contributed by atoms with E-state index in [1.54, 1.807) is 18.2 Å². The van der Waals surface area contributed by atoms with E-state index in [2.05, 4.69) is 33.7 Å². The molecule has 0 aliphatic heterocycles. The smallest absolute Gasteiger partial charge is 0.305 e. The SMILES string of the molecule is CCCCC/C=C\C[C@@]1(OC(C)=O)C=C(Br)C(=O)C1=C/C=C/CCCC(=O)OC. The Kier molecular flexibility index (Phi) is 11.5. The summed E-state index contributed by atoms with van der Waals surface area (Å²) in [6.07, 6.45) is 17.6. The molecule has 160 valence electrons. The number of carbonyl (C=O) groups is 3. The zero-order chi connectivity index (χ0) is 21.7. The number of carbonyl (C=O) groups excluding carboxylic acids is 3. The number of ether oxygens (including phenoxy) is 2. The number of unbranched alkanes of at least 4 members (excludes halogenated alkanes) is 4. The number of hydrogen-bond acceptors (Lipinski definition) is 5. The van der Waals surface area contributed by atoms with Crippen LogP contribution in [-0.2, 0) is 23.9 Å². The maximum atomic E-state index is 12.6. The zero-order valence-corrected chi connectivity index (χ0v) is 19.1. The molecule has 0 aromatic heterocycles. The van der Waals surface area contributed by atoms with Crippen LogP contribution in [0, 0.1) is 0 Å². The average molecular weight is 467 g/mol. The summed E-state index contributed by atoms with van der Waals surface area (Å²) in [4.78, 5) is 35.5. The lowest BCUT2D eigenvalue weighted by molar-refractivity contribution is -0.149. The third-order valence-electron chi connectivity index (χ3n) is 4.54. The van der Waals surface area contributed by atoms with Gasteiger partial charge in [0.1, 0.15) is 0 Å². The number of allylic oxidation sites excluding steroid dienone is 5. The van der Waals surface area contributed by atoms with E-state index in [0.29, 0.717) is 35.7 Å². The molecule has 29 heavy (non-hydrogen) atoms. The Labute approximate surface area is 182 Å². The third-order valence-corrected chi connectivity index (χ3v) is 5.13. The molecule has 0 heterocycles. The molecule has 0 N–H and O–H groups in total. The minimum atomic E-state index is -1.10. The first kappa shape index (κ1) is 25.1. The predicted molar refractivity (Wildman–Crippen MR) is 118 cm³/mol. The number of halogens is 1. The molecule has 1 aliphatic rings. The fourth-order valence-corrected chi connectivity index (χ4v) is 3.64. The summed E-state index contributed by atoms with van der Waals surface area (Å²) in [5.41, 5.74) is -0.679. The van der Waals surface area contributed by atoms with Crippen molar-refractivity contribution in [3.63, 3.8) is 0 Å². The minimum Gasteiger partial charge on any atom is -0.469 e. The number of Topliss-reactive ketones (excluding diaryl/α,β-unsaturated/α-hetero) is 1. The molecule has 0 saturated carbocycles. The lowest BCUT2D eigenvalue weighted by Crippen LogP contribution is -2.33. The van der Waals surface area contributed by atoms with Crippen molar-refractivity contribution < 1.29 is 23.9 Å². The highest BCUT2D eigenvalue weighted by molar-refractivity contribution is 9.12. The molecule has 1 aliphatic carbocycles. The Morgan fingerprint density at radius 1 is 1.14 bits per heavy atom. The van der Waals surface area contributed by atoms with E-state index in [-0.39, 0.29) is 11.8 Å². The summed E-state index contributed by atoms with van der Waals surface area (Å²) in [6, 6.07) is 0. The molecule has 0 saturated heterocycles. The fourth-order valence-electron chi connectivity index (χ4n) is 3.05. The second kappa shape index (κ2) is 13.3. The molecule has 0 aromatic rings. The standard InChI is InChI=1S/C23H31BrO5/c1-4-5-6-7-10-13-16-23(29-18(2)25)17-20(24)22(27)19(23)14-11-8-9-12-15-21(26)28-3/h8,10-11,13-14,17H,4-7,9,12,15-16H2,1-3H3/b11-8+,13-10-,19-14?/t23-/m1/s1. The Hall–Kier alpha value is -1.95. The van der Waals surface area contributed by atoms with Gasteiger partial charge in [-0.1, -0.05) is 50.1 Å². The van der Waals surface area contributed by atoms with Gasteiger partial charge in [-0.2, -0.15) is 0 Å². The van der Waals surface area contributed by atoms with Gasteiger partial charge >= 0.3 is 11.9 Å². The molecule has 1 atom stereocenters. The van der Waals surface area contributed by atoms with Crippen molar-refractivity contribution in [2.24, 2.45) is 0 Å². The van der Waals surface area contributed by atoms with Crippen molar-refractivity contribution in [3.05, 3.63) is 46.5 Å². The van der Waals surface area contributed by atoms with Crippen LogP contribution in [-0.4, -0.2) is 30.4 Å². The van der Waals surface area contributed by atoms with E-state index in [0.717, 1.165) is 19.3 Å². The third kappa shape index (κ3) is 8.52. The van der Waals surface area contributed by atoms with Gasteiger partial charge in [0.2, 0.25) is 0 Å². The molecular weight excluding hydrogens is 436 g/mol. The van der Waals surface area contributed by atoms with Gasteiger partial charge in [0.25, 0.3) is 0 Å². The Morgan fingerprint density at radius 3 is 2.52 bits per heavy atom. The molecule has 0 aromatic carbocycles. The maximum absolute atomic E-state index is 12.6. The summed E-state index contributed by atoms with van der Waals surface area (Å²) >= 11 is 3.29. The van der Waals surface area contributed by atoms with E-state index in [4.69, 9.17) is 4.74 Å². The zero-order valence-electron chi connectivity index (χ0n) is 17.5. The van der Waals surface area contributed by atoms with Gasteiger partial charge in [-0.05, 0) is 47.7 Å². The lowest BCUT2D eigenvalue weighted by atomic mass is 9.91. The topological polar surface area (TPSA) is 69.7 Å². The second-order valence-electron chi connectivity index (χ2n) is 6.95. The Morgan fingerprint density at radius 2 is 1.86 bits per heavy atom. The van der Waals surface area contributed by atoms with Gasteiger partial charge in [-0.25, -0.2) is 0 Å². The highest BCUT2D eigenvalue weighted by Crippen LogP contribution is 2.40. The van der Waals surface area contributed by atoms with Crippen molar-refractivity contribution >= 4 is 33.7 Å². The summed E-state index contributed by atoms with van der Waals surface area (Å²) in [5, 5.41) is 0. The number of ketones is 1. The minimum absolute atomic E-state index is 0.190. The van der Waals surface area contributed by atoms with Gasteiger partial charge in [0.05, 0.1) is 11.6 Å². The maximum Gasteiger partial charge on any atom is 0.305 e. The fraction of sp³-hybridized carbons (Fsp3) is 0.522. The largest absolute Gasteiger partial charge is 0.469 e. The van der Waals surface area contributed by atoms with Crippen molar-refractivity contribution in [2.45, 2.75) is 70.8 Å². The number of esters is 2. The number of rotatable bonds is 12. The van der Waals surface area contributed by atoms with Crippen molar-refractivity contribution in [2.75, 3.05) is 7.11 Å². The van der Waals surface area contributed by atoms with E-state index >= 15 is 0 Å². The highest BCUT2D eigenvalue weighted by Gasteiger charge is 2.44. The van der Waals surface area contributed by atoms with Gasteiger partial charge in [0.15, 0.2) is 11.4 Å². The van der Waals surface area contributed by atoms with Crippen LogP contribution in [0.25, 0.3) is 0 Å². The van der Waals surface area contributed by atoms with Crippen molar-refractivity contribution in [1.82, 2.24) is 0 Å². The molecule has 0 spiro atoms. The Bertz CT molecular complexity index is 702. The van der Waals surface area contributed by atoms with E-state index in [1.165, 1.54) is 20.5 Å². The molecule has 6 heteroatoms. The first-order valence-electron chi connectivity index (χ1n) is 10.1. The average Bonchev–Trinajstić information content (AvgIpc) is 2.90. The summed E-state index contributed by atoms with van der Waals surface area (Å²) in [6.45, 7) is 3.50. The van der Waals surface area contributed by atoms with E-state index in [1.807, 2.05) is 12.2 Å². The second-order valence-corrected chi connectivity index (χ2v) is 7.81. The van der Waals surface area contributed by atoms with Crippen LogP contribution < -0.4 is 0 Å². The first-order chi connectivity index (χ1) is 13.9. The molecule has 0 fully saturated rings. The summed E-state index contributed by atoms with van der Waals surface area (Å²) in [7, 11) is 1.37. The Balaban J connectivity index is 2.90. The van der Waals surface area contributed by atoms with E-state index in [9.17, 15) is 14.4 Å². The number of hydrogen-bond donors (Lipinski definition) is 0. The van der Waals surface area contributed by atoms with Crippen LogP contribution in [0.3, 0.4) is 0 Å². The molecule has 0 unspecified atom stereocenters. The van der Waals surface area contributed by atoms with Crippen LogP contribution in [0.15, 0.2) is 46.5 Å². The molecule has 0 amide bonds. The predicted octanol–water partition coefficient (Wildman–Crippen LogP) is 5.50. The van der Waals surface area contributed by atoms with E-state index < -0.39 is 11.6 Å². The lowest BCUT2D eigenvalue weighted by Gasteiger charge is -2.27. The van der Waals surface area contributed by atoms with Crippen LogP contribution in [0.1, 0.15) is 65.2 Å². The normalized spacial score (nSPS) is 20.6. The van der Waals surface area contributed by atoms with Crippen molar-refractivity contribution in [1.29, 1.82) is 0 Å². The molecular formula is C23H31BrO5. The van der Waals surface area contributed by atoms with Gasteiger partial charge in [-0.15, -0.1) is 0 Å². The first-order valence-corrected chi connectivity index (χ1v) is 10.9. The molecule has 0 radical (unpaired) electrons. The van der Waals surface area contributed by atoms with Gasteiger partial charge in [0, 0.05) is 25.3 Å². The molecule has 1 rings (SSSR count). The van der Waals surface area contributed by atoms with Crippen LogP contribution >= 0.6 is 15.9 Å². The summed E-state index contributed by atoms with van der Waals surface area (Å²) in [5.74, 6) is -0.871. The van der Waals surface area contributed by atoms with Crippen LogP contribution in [0.2, 0.25) is 0 Å².